The number of hydrogen-bond donors (Lipinski definition) is 1. The minimum Gasteiger partial charge on any atom is -0.436 e. The lowest BCUT2D eigenvalue weighted by Gasteiger charge is -2.08. The first-order valence-corrected chi connectivity index (χ1v) is 10.7. The highest BCUT2D eigenvalue weighted by atomic mass is 127. The average molecular weight is 525 g/mol. The Kier molecular flexibility index (Phi) is 4.92. The Labute approximate surface area is 191 Å². The number of amides is 1. The number of anilines is 1. The first kappa shape index (κ1) is 19.1. The molecule has 0 fully saturated rings. The molecule has 0 unspecified atom stereocenters. The van der Waals surface area contributed by atoms with Gasteiger partial charge in [0.05, 0.1) is 10.6 Å². The summed E-state index contributed by atoms with van der Waals surface area (Å²) in [6, 6.07) is 24.8. The Bertz CT molecular complexity index is 1430. The van der Waals surface area contributed by atoms with Gasteiger partial charge in [0.2, 0.25) is 5.89 Å². The van der Waals surface area contributed by atoms with Gasteiger partial charge in [0, 0.05) is 20.2 Å². The molecule has 5 rings (SSSR count). The zero-order chi connectivity index (χ0) is 20.7. The third-order valence-corrected chi connectivity index (χ3v) is 5.82. The molecule has 146 valence electrons. The van der Waals surface area contributed by atoms with Crippen molar-refractivity contribution in [1.82, 2.24) is 4.98 Å². The minimum atomic E-state index is -0.265. The van der Waals surface area contributed by atoms with E-state index in [1.165, 1.54) is 0 Å². The van der Waals surface area contributed by atoms with Gasteiger partial charge in [0.1, 0.15) is 5.52 Å². The number of hydrogen-bond acceptors (Lipinski definition) is 3. The lowest BCUT2D eigenvalue weighted by Crippen LogP contribution is -2.12. The van der Waals surface area contributed by atoms with Gasteiger partial charge in [-0.25, -0.2) is 4.98 Å². The van der Waals surface area contributed by atoms with Gasteiger partial charge in [-0.15, -0.1) is 0 Å². The quantitative estimate of drug-likeness (QED) is 0.255. The standard InChI is InChI=1S/C24H14ClIN2O2/c25-20-10-9-16(26)13-19(20)23(29)27-17-6-3-5-15(12-17)24-28-22-18-7-2-1-4-14(18)8-11-21(22)30-24/h1-13H,(H,27,29). The van der Waals surface area contributed by atoms with Crippen LogP contribution in [0.1, 0.15) is 10.4 Å². The van der Waals surface area contributed by atoms with Crippen molar-refractivity contribution in [3.05, 3.63) is 93.0 Å². The van der Waals surface area contributed by atoms with Gasteiger partial charge in [-0.05, 0) is 70.4 Å². The van der Waals surface area contributed by atoms with Crippen LogP contribution < -0.4 is 5.32 Å². The van der Waals surface area contributed by atoms with Crippen molar-refractivity contribution < 1.29 is 9.21 Å². The number of oxazole rings is 1. The summed E-state index contributed by atoms with van der Waals surface area (Å²) >= 11 is 8.34. The van der Waals surface area contributed by atoms with Crippen molar-refractivity contribution in [1.29, 1.82) is 0 Å². The topological polar surface area (TPSA) is 55.1 Å². The molecular formula is C24H14ClIN2O2. The number of benzene rings is 4. The Balaban J connectivity index is 1.50. The molecule has 1 N–H and O–H groups in total. The SMILES string of the molecule is O=C(Nc1cccc(-c2nc3c(ccc4ccccc43)o2)c1)c1cc(I)ccc1Cl. The molecule has 0 spiro atoms. The zero-order valence-corrected chi connectivity index (χ0v) is 18.4. The van der Waals surface area contributed by atoms with Crippen LogP contribution in [0.25, 0.3) is 33.3 Å². The molecule has 5 aromatic rings. The lowest BCUT2D eigenvalue weighted by molar-refractivity contribution is 0.102. The molecule has 1 amide bonds. The first-order chi connectivity index (χ1) is 14.6. The fourth-order valence-electron chi connectivity index (χ4n) is 3.38. The summed E-state index contributed by atoms with van der Waals surface area (Å²) in [5.74, 6) is 0.240. The van der Waals surface area contributed by atoms with Crippen LogP contribution in [0.2, 0.25) is 5.02 Å². The summed E-state index contributed by atoms with van der Waals surface area (Å²) in [6.45, 7) is 0. The van der Waals surface area contributed by atoms with Crippen LogP contribution in [0.4, 0.5) is 5.69 Å². The molecule has 0 atom stereocenters. The highest BCUT2D eigenvalue weighted by molar-refractivity contribution is 14.1. The molecule has 4 nitrogen and oxygen atoms in total. The van der Waals surface area contributed by atoms with Gasteiger partial charge in [0.25, 0.3) is 5.91 Å². The van der Waals surface area contributed by atoms with Gasteiger partial charge in [-0.1, -0.05) is 48.0 Å². The summed E-state index contributed by atoms with van der Waals surface area (Å²) < 4.78 is 6.94. The van der Waals surface area contributed by atoms with E-state index in [2.05, 4.69) is 34.0 Å². The maximum atomic E-state index is 12.7. The Morgan fingerprint density at radius 1 is 0.967 bits per heavy atom. The summed E-state index contributed by atoms with van der Waals surface area (Å²) in [6.07, 6.45) is 0. The fraction of sp³-hybridized carbons (Fsp3) is 0. The number of fused-ring (bicyclic) bond motifs is 3. The van der Waals surface area contributed by atoms with E-state index in [0.29, 0.717) is 22.2 Å². The van der Waals surface area contributed by atoms with Gasteiger partial charge < -0.3 is 9.73 Å². The van der Waals surface area contributed by atoms with E-state index >= 15 is 0 Å². The second kappa shape index (κ2) is 7.74. The average Bonchev–Trinajstić information content (AvgIpc) is 3.20. The molecule has 0 saturated heterocycles. The van der Waals surface area contributed by atoms with Gasteiger partial charge in [-0.2, -0.15) is 0 Å². The Morgan fingerprint density at radius 2 is 1.83 bits per heavy atom. The Hall–Kier alpha value is -2.90. The maximum absolute atomic E-state index is 12.7. The molecule has 0 aliphatic carbocycles. The predicted molar refractivity (Wildman–Crippen MR) is 129 cm³/mol. The van der Waals surface area contributed by atoms with E-state index in [1.54, 1.807) is 12.1 Å². The highest BCUT2D eigenvalue weighted by Gasteiger charge is 2.14. The van der Waals surface area contributed by atoms with Crippen LogP contribution >= 0.6 is 34.2 Å². The van der Waals surface area contributed by atoms with Crippen LogP contribution in [-0.4, -0.2) is 10.9 Å². The largest absolute Gasteiger partial charge is 0.436 e. The van der Waals surface area contributed by atoms with E-state index in [4.69, 9.17) is 21.0 Å². The molecule has 0 radical (unpaired) electrons. The zero-order valence-electron chi connectivity index (χ0n) is 15.5. The molecular weight excluding hydrogens is 511 g/mol. The van der Waals surface area contributed by atoms with Crippen LogP contribution in [0.15, 0.2) is 83.3 Å². The number of rotatable bonds is 3. The summed E-state index contributed by atoms with van der Waals surface area (Å²) in [7, 11) is 0. The van der Waals surface area contributed by atoms with Crippen molar-refractivity contribution in [2.45, 2.75) is 0 Å². The third-order valence-electron chi connectivity index (χ3n) is 4.82. The molecule has 0 aliphatic heterocycles. The number of carbonyl (C=O) groups excluding carboxylic acids is 1. The molecule has 0 bridgehead atoms. The molecule has 1 heterocycles. The van der Waals surface area contributed by atoms with Crippen molar-refractivity contribution >= 4 is 67.7 Å². The normalized spacial score (nSPS) is 11.1. The summed E-state index contributed by atoms with van der Waals surface area (Å²) in [5, 5.41) is 5.47. The number of carbonyl (C=O) groups is 1. The van der Waals surface area contributed by atoms with Gasteiger partial charge in [-0.3, -0.25) is 4.79 Å². The van der Waals surface area contributed by atoms with Crippen molar-refractivity contribution in [3.63, 3.8) is 0 Å². The molecule has 6 heteroatoms. The molecule has 1 aromatic heterocycles. The second-order valence-electron chi connectivity index (χ2n) is 6.81. The van der Waals surface area contributed by atoms with Crippen molar-refractivity contribution in [2.75, 3.05) is 5.32 Å². The monoisotopic (exact) mass is 524 g/mol. The summed E-state index contributed by atoms with van der Waals surface area (Å²) in [5.41, 5.74) is 3.40. The van der Waals surface area contributed by atoms with E-state index in [-0.39, 0.29) is 5.91 Å². The van der Waals surface area contributed by atoms with Gasteiger partial charge >= 0.3 is 0 Å². The Morgan fingerprint density at radius 3 is 2.73 bits per heavy atom. The van der Waals surface area contributed by atoms with E-state index in [1.807, 2.05) is 60.7 Å². The maximum Gasteiger partial charge on any atom is 0.257 e. The first-order valence-electron chi connectivity index (χ1n) is 9.23. The van der Waals surface area contributed by atoms with Crippen LogP contribution in [-0.2, 0) is 0 Å². The molecule has 30 heavy (non-hydrogen) atoms. The van der Waals surface area contributed by atoms with Crippen LogP contribution in [0.5, 0.6) is 0 Å². The molecule has 4 aromatic carbocycles. The minimum absolute atomic E-state index is 0.265. The van der Waals surface area contributed by atoms with E-state index in [0.717, 1.165) is 31.0 Å². The highest BCUT2D eigenvalue weighted by Crippen LogP contribution is 2.31. The number of nitrogens with one attached hydrogen (secondary N) is 1. The van der Waals surface area contributed by atoms with Gasteiger partial charge in [0.15, 0.2) is 5.58 Å². The van der Waals surface area contributed by atoms with Crippen LogP contribution in [0.3, 0.4) is 0 Å². The summed E-state index contributed by atoms with van der Waals surface area (Å²) in [4.78, 5) is 17.4. The van der Waals surface area contributed by atoms with Crippen molar-refractivity contribution in [2.24, 2.45) is 0 Å². The number of aromatic nitrogens is 1. The third kappa shape index (κ3) is 3.55. The molecule has 0 aliphatic rings. The predicted octanol–water partition coefficient (Wildman–Crippen LogP) is 7.16. The van der Waals surface area contributed by atoms with Crippen molar-refractivity contribution in [3.8, 4) is 11.5 Å². The second-order valence-corrected chi connectivity index (χ2v) is 8.46. The fourth-order valence-corrected chi connectivity index (χ4v) is 4.08. The van der Waals surface area contributed by atoms with Crippen LogP contribution in [0, 0.1) is 3.57 Å². The van der Waals surface area contributed by atoms with E-state index < -0.39 is 0 Å². The lowest BCUT2D eigenvalue weighted by atomic mass is 10.1. The van der Waals surface area contributed by atoms with E-state index in [9.17, 15) is 4.79 Å². The number of halogens is 2. The number of nitrogens with zero attached hydrogens (tertiary/aromatic N) is 1. The molecule has 0 saturated carbocycles. The smallest absolute Gasteiger partial charge is 0.257 e.